The molecule has 0 saturated heterocycles. The predicted octanol–water partition coefficient (Wildman–Crippen LogP) is 2.53. The van der Waals surface area contributed by atoms with Crippen molar-refractivity contribution in [1.29, 1.82) is 0 Å². The molecule has 0 atom stereocenters. The second-order valence-electron chi connectivity index (χ2n) is 4.83. The molecule has 0 saturated carbocycles. The molecule has 0 unspecified atom stereocenters. The van der Waals surface area contributed by atoms with Gasteiger partial charge in [0.05, 0.1) is 11.2 Å². The van der Waals surface area contributed by atoms with E-state index in [1.54, 1.807) is 26.4 Å². The zero-order chi connectivity index (χ0) is 13.4. The van der Waals surface area contributed by atoms with E-state index in [0.717, 1.165) is 0 Å². The number of carbonyl (C=O) groups excluding carboxylic acids is 1. The highest BCUT2D eigenvalue weighted by Crippen LogP contribution is 2.24. The highest BCUT2D eigenvalue weighted by atomic mass is 19.1. The summed E-state index contributed by atoms with van der Waals surface area (Å²) in [4.78, 5) is 20.2. The van der Waals surface area contributed by atoms with Crippen LogP contribution in [-0.2, 0) is 0 Å². The van der Waals surface area contributed by atoms with Crippen molar-refractivity contribution in [3.8, 4) is 0 Å². The lowest BCUT2D eigenvalue weighted by atomic mass is 10.1. The number of rotatable bonds is 2. The van der Waals surface area contributed by atoms with Gasteiger partial charge in [-0.3, -0.25) is 9.78 Å². The molecule has 96 valence electrons. The van der Waals surface area contributed by atoms with Crippen molar-refractivity contribution in [2.45, 2.75) is 19.8 Å². The summed E-state index contributed by atoms with van der Waals surface area (Å²) in [6.45, 7) is 3.76. The molecule has 4 nitrogen and oxygen atoms in total. The maximum absolute atomic E-state index is 14.2. The fourth-order valence-electron chi connectivity index (χ4n) is 1.84. The van der Waals surface area contributed by atoms with Crippen LogP contribution in [0.15, 0.2) is 12.3 Å². The first-order valence-electron chi connectivity index (χ1n) is 5.80. The number of fused-ring (bicyclic) bond motifs is 1. The Labute approximate surface area is 105 Å². The van der Waals surface area contributed by atoms with Gasteiger partial charge in [-0.2, -0.15) is 0 Å². The lowest BCUT2D eigenvalue weighted by Crippen LogP contribution is -2.21. The third-order valence-electron chi connectivity index (χ3n) is 2.82. The van der Waals surface area contributed by atoms with Gasteiger partial charge in [0.15, 0.2) is 5.82 Å². The number of hydrogen-bond acceptors (Lipinski definition) is 2. The Morgan fingerprint density at radius 3 is 2.67 bits per heavy atom. The van der Waals surface area contributed by atoms with Crippen LogP contribution in [0.5, 0.6) is 0 Å². The molecular weight excluding hydrogens is 233 g/mol. The number of nitrogens with one attached hydrogen (secondary N) is 1. The molecule has 0 aliphatic carbocycles. The second-order valence-corrected chi connectivity index (χ2v) is 4.83. The molecule has 0 spiro atoms. The Morgan fingerprint density at radius 2 is 2.11 bits per heavy atom. The molecule has 2 rings (SSSR count). The van der Waals surface area contributed by atoms with Crippen LogP contribution in [-0.4, -0.2) is 34.9 Å². The van der Waals surface area contributed by atoms with E-state index in [-0.39, 0.29) is 17.6 Å². The van der Waals surface area contributed by atoms with Gasteiger partial charge in [0.2, 0.25) is 0 Å². The van der Waals surface area contributed by atoms with Gasteiger partial charge in [-0.05, 0) is 12.0 Å². The van der Waals surface area contributed by atoms with Crippen LogP contribution in [0.4, 0.5) is 4.39 Å². The molecule has 0 aliphatic heterocycles. The average Bonchev–Trinajstić information content (AvgIpc) is 2.72. The van der Waals surface area contributed by atoms with E-state index < -0.39 is 0 Å². The van der Waals surface area contributed by atoms with Crippen LogP contribution in [0.2, 0.25) is 0 Å². The average molecular weight is 249 g/mol. The molecule has 0 aliphatic rings. The highest BCUT2D eigenvalue weighted by Gasteiger charge is 2.17. The van der Waals surface area contributed by atoms with Gasteiger partial charge in [-0.15, -0.1) is 0 Å². The summed E-state index contributed by atoms with van der Waals surface area (Å²) in [7, 11) is 3.31. The molecule has 1 amide bonds. The Morgan fingerprint density at radius 1 is 1.44 bits per heavy atom. The predicted molar refractivity (Wildman–Crippen MR) is 68.2 cm³/mol. The van der Waals surface area contributed by atoms with Gasteiger partial charge in [0, 0.05) is 25.7 Å². The zero-order valence-corrected chi connectivity index (χ0v) is 10.9. The van der Waals surface area contributed by atoms with E-state index in [0.29, 0.717) is 22.3 Å². The van der Waals surface area contributed by atoms with Crippen molar-refractivity contribution in [3.05, 3.63) is 29.5 Å². The quantitative estimate of drug-likeness (QED) is 0.889. The number of pyridine rings is 1. The molecular formula is C13H16FN3O. The third kappa shape index (κ3) is 1.96. The van der Waals surface area contributed by atoms with Crippen LogP contribution in [0.25, 0.3) is 10.9 Å². The minimum Gasteiger partial charge on any atom is -0.348 e. The maximum atomic E-state index is 14.2. The Kier molecular flexibility index (Phi) is 3.07. The number of amides is 1. The monoisotopic (exact) mass is 249 g/mol. The van der Waals surface area contributed by atoms with Crippen LogP contribution in [0.3, 0.4) is 0 Å². The SMILES string of the molecule is CC(C)c1ncc2cc(C(=O)N(C)C)[nH]c2c1F. The van der Waals surface area contributed by atoms with Gasteiger partial charge >= 0.3 is 0 Å². The molecule has 0 fully saturated rings. The smallest absolute Gasteiger partial charge is 0.269 e. The molecule has 0 radical (unpaired) electrons. The number of aromatic nitrogens is 2. The summed E-state index contributed by atoms with van der Waals surface area (Å²) < 4.78 is 14.2. The zero-order valence-electron chi connectivity index (χ0n) is 10.9. The molecule has 5 heteroatoms. The Bertz CT molecular complexity index is 602. The van der Waals surface area contributed by atoms with Gasteiger partial charge in [0.1, 0.15) is 5.69 Å². The van der Waals surface area contributed by atoms with E-state index in [1.165, 1.54) is 4.90 Å². The number of hydrogen-bond donors (Lipinski definition) is 1. The standard InChI is InChI=1S/C13H16FN3O/c1-7(2)11-10(14)12-8(6-15-11)5-9(16-12)13(18)17(3)4/h5-7,16H,1-4H3. The van der Waals surface area contributed by atoms with Crippen LogP contribution in [0.1, 0.15) is 35.9 Å². The number of halogens is 1. The molecule has 1 N–H and O–H groups in total. The van der Waals surface area contributed by atoms with Crippen LogP contribution in [0, 0.1) is 5.82 Å². The lowest BCUT2D eigenvalue weighted by molar-refractivity contribution is 0.0823. The van der Waals surface area contributed by atoms with Crippen molar-refractivity contribution in [3.63, 3.8) is 0 Å². The summed E-state index contributed by atoms with van der Waals surface area (Å²) in [6, 6.07) is 1.62. The van der Waals surface area contributed by atoms with Gasteiger partial charge in [0.25, 0.3) is 5.91 Å². The fraction of sp³-hybridized carbons (Fsp3) is 0.385. The molecule has 0 aromatic carbocycles. The number of aromatic amines is 1. The van der Waals surface area contributed by atoms with Gasteiger partial charge in [-0.1, -0.05) is 13.8 Å². The topological polar surface area (TPSA) is 49.0 Å². The first-order chi connectivity index (χ1) is 8.41. The van der Waals surface area contributed by atoms with E-state index in [4.69, 9.17) is 0 Å². The van der Waals surface area contributed by atoms with E-state index >= 15 is 0 Å². The molecule has 2 heterocycles. The van der Waals surface area contributed by atoms with Crippen molar-refractivity contribution in [2.75, 3.05) is 14.1 Å². The number of nitrogens with zero attached hydrogens (tertiary/aromatic N) is 2. The van der Waals surface area contributed by atoms with Crippen LogP contribution < -0.4 is 0 Å². The second kappa shape index (κ2) is 4.40. The Balaban J connectivity index is 2.59. The highest BCUT2D eigenvalue weighted by molar-refractivity contribution is 5.97. The lowest BCUT2D eigenvalue weighted by Gasteiger charge is -2.07. The van der Waals surface area contributed by atoms with Crippen molar-refractivity contribution >= 4 is 16.8 Å². The van der Waals surface area contributed by atoms with Crippen molar-refractivity contribution < 1.29 is 9.18 Å². The van der Waals surface area contributed by atoms with Crippen LogP contribution >= 0.6 is 0 Å². The summed E-state index contributed by atoms with van der Waals surface area (Å²) >= 11 is 0. The van der Waals surface area contributed by atoms with Crippen molar-refractivity contribution in [2.24, 2.45) is 0 Å². The van der Waals surface area contributed by atoms with E-state index in [9.17, 15) is 9.18 Å². The third-order valence-corrected chi connectivity index (χ3v) is 2.82. The minimum atomic E-state index is -0.375. The summed E-state index contributed by atoms with van der Waals surface area (Å²) in [6.07, 6.45) is 1.59. The number of H-pyrrole nitrogens is 1. The van der Waals surface area contributed by atoms with E-state index in [1.807, 2.05) is 13.8 Å². The van der Waals surface area contributed by atoms with Crippen molar-refractivity contribution in [1.82, 2.24) is 14.9 Å². The van der Waals surface area contributed by atoms with Gasteiger partial charge in [-0.25, -0.2) is 4.39 Å². The summed E-state index contributed by atoms with van der Waals surface area (Å²) in [5.74, 6) is -0.553. The number of carbonyl (C=O) groups is 1. The maximum Gasteiger partial charge on any atom is 0.269 e. The normalized spacial score (nSPS) is 11.2. The molecule has 18 heavy (non-hydrogen) atoms. The first kappa shape index (κ1) is 12.5. The molecule has 2 aromatic rings. The largest absolute Gasteiger partial charge is 0.348 e. The summed E-state index contributed by atoms with van der Waals surface area (Å²) in [5.41, 5.74) is 1.13. The molecule has 2 aromatic heterocycles. The fourth-order valence-corrected chi connectivity index (χ4v) is 1.84. The Hall–Kier alpha value is -1.91. The minimum absolute atomic E-state index is 0.00528. The van der Waals surface area contributed by atoms with E-state index in [2.05, 4.69) is 9.97 Å². The first-order valence-corrected chi connectivity index (χ1v) is 5.80. The summed E-state index contributed by atoms with van der Waals surface area (Å²) in [5, 5.41) is 0.613. The molecule has 0 bridgehead atoms. The van der Waals surface area contributed by atoms with Gasteiger partial charge < -0.3 is 9.88 Å².